The van der Waals surface area contributed by atoms with Gasteiger partial charge in [-0.1, -0.05) is 31.5 Å². The first-order valence-electron chi connectivity index (χ1n) is 6.44. The van der Waals surface area contributed by atoms with E-state index in [1.165, 1.54) is 5.56 Å². The van der Waals surface area contributed by atoms with Crippen molar-refractivity contribution in [3.63, 3.8) is 0 Å². The van der Waals surface area contributed by atoms with Gasteiger partial charge >= 0.3 is 0 Å². The number of aliphatic hydroxyl groups is 1. The first kappa shape index (κ1) is 15.8. The molecule has 0 fully saturated rings. The molecule has 1 unspecified atom stereocenters. The summed E-state index contributed by atoms with van der Waals surface area (Å²) >= 11 is 7.99. The quantitative estimate of drug-likeness (QED) is 0.565. The van der Waals surface area contributed by atoms with Crippen LogP contribution >= 0.6 is 23.4 Å². The van der Waals surface area contributed by atoms with Gasteiger partial charge in [-0.15, -0.1) is 11.8 Å². The largest absolute Gasteiger partial charge is 0.396 e. The summed E-state index contributed by atoms with van der Waals surface area (Å²) in [4.78, 5) is 1.09. The van der Waals surface area contributed by atoms with Crippen LogP contribution in [-0.4, -0.2) is 23.5 Å². The summed E-state index contributed by atoms with van der Waals surface area (Å²) in [6.07, 6.45) is 1.93. The summed E-state index contributed by atoms with van der Waals surface area (Å²) in [6.45, 7) is 6.38. The normalized spacial score (nSPS) is 12.7. The smallest absolute Gasteiger partial charge is 0.0545 e. The molecule has 4 heteroatoms. The molecule has 0 heterocycles. The van der Waals surface area contributed by atoms with Crippen molar-refractivity contribution in [3.8, 4) is 0 Å². The van der Waals surface area contributed by atoms with E-state index in [1.807, 2.05) is 6.07 Å². The highest BCUT2D eigenvalue weighted by Crippen LogP contribution is 2.32. The monoisotopic (exact) mass is 287 g/mol. The summed E-state index contributed by atoms with van der Waals surface area (Å²) in [6, 6.07) is 6.21. The van der Waals surface area contributed by atoms with Gasteiger partial charge in [0.1, 0.15) is 0 Å². The zero-order valence-electron chi connectivity index (χ0n) is 11.1. The third-order valence-corrected chi connectivity index (χ3v) is 4.29. The van der Waals surface area contributed by atoms with Gasteiger partial charge in [0, 0.05) is 23.3 Å². The lowest BCUT2D eigenvalue weighted by molar-refractivity contribution is 0.289. The third kappa shape index (κ3) is 5.61. The topological polar surface area (TPSA) is 32.3 Å². The van der Waals surface area contributed by atoms with Crippen LogP contribution < -0.4 is 5.32 Å². The predicted molar refractivity (Wildman–Crippen MR) is 80.5 cm³/mol. The van der Waals surface area contributed by atoms with Gasteiger partial charge in [0.15, 0.2) is 0 Å². The number of hydrogen-bond acceptors (Lipinski definition) is 3. The van der Waals surface area contributed by atoms with E-state index >= 15 is 0 Å². The third-order valence-electron chi connectivity index (χ3n) is 2.62. The van der Waals surface area contributed by atoms with Gasteiger partial charge in [-0.3, -0.25) is 0 Å². The van der Waals surface area contributed by atoms with Crippen LogP contribution in [0, 0.1) is 0 Å². The van der Waals surface area contributed by atoms with Gasteiger partial charge in [-0.2, -0.15) is 0 Å². The molecule has 0 amide bonds. The summed E-state index contributed by atoms with van der Waals surface area (Å²) in [7, 11) is 0. The number of benzene rings is 1. The summed E-state index contributed by atoms with van der Waals surface area (Å²) in [5, 5.41) is 13.4. The van der Waals surface area contributed by atoms with Gasteiger partial charge in [-0.05, 0) is 37.1 Å². The van der Waals surface area contributed by atoms with Crippen molar-refractivity contribution >= 4 is 23.4 Å². The van der Waals surface area contributed by atoms with Crippen molar-refractivity contribution < 1.29 is 5.11 Å². The Morgan fingerprint density at radius 2 is 2.22 bits per heavy atom. The second-order valence-corrected chi connectivity index (χ2v) is 6.27. The maximum Gasteiger partial charge on any atom is 0.0545 e. The molecule has 102 valence electrons. The molecule has 1 aromatic rings. The molecule has 1 rings (SSSR count). The fourth-order valence-electron chi connectivity index (χ4n) is 1.62. The molecule has 0 aliphatic carbocycles. The highest BCUT2D eigenvalue weighted by Gasteiger charge is 2.07. The average molecular weight is 288 g/mol. The zero-order valence-corrected chi connectivity index (χ0v) is 12.7. The molecule has 0 radical (unpaired) electrons. The fourth-order valence-corrected chi connectivity index (χ4v) is 2.93. The van der Waals surface area contributed by atoms with Crippen LogP contribution in [0.1, 0.15) is 32.3 Å². The number of halogens is 1. The van der Waals surface area contributed by atoms with Gasteiger partial charge in [-0.25, -0.2) is 0 Å². The Kier molecular flexibility index (Phi) is 7.75. The molecule has 1 aromatic carbocycles. The van der Waals surface area contributed by atoms with Gasteiger partial charge < -0.3 is 10.4 Å². The summed E-state index contributed by atoms with van der Waals surface area (Å²) in [5.41, 5.74) is 1.22. The highest BCUT2D eigenvalue weighted by molar-refractivity contribution is 8.00. The molecule has 2 nitrogen and oxygen atoms in total. The molecule has 0 spiro atoms. The lowest BCUT2D eigenvalue weighted by Gasteiger charge is -2.12. The first-order valence-corrected chi connectivity index (χ1v) is 7.69. The van der Waals surface area contributed by atoms with Crippen LogP contribution in [0.2, 0.25) is 5.02 Å². The number of nitrogens with one attached hydrogen (secondary N) is 1. The van der Waals surface area contributed by atoms with Gasteiger partial charge in [0.05, 0.1) is 5.02 Å². The SMILES string of the molecule is CCCNCc1ccc(SC(C)CCO)c(Cl)c1. The Bertz CT molecular complexity index is 360. The molecule has 2 N–H and O–H groups in total. The van der Waals surface area contributed by atoms with E-state index in [9.17, 15) is 0 Å². The number of aliphatic hydroxyl groups excluding tert-OH is 1. The molecule has 0 aromatic heterocycles. The van der Waals surface area contributed by atoms with Crippen LogP contribution in [0.25, 0.3) is 0 Å². The second-order valence-electron chi connectivity index (χ2n) is 4.38. The minimum Gasteiger partial charge on any atom is -0.396 e. The lowest BCUT2D eigenvalue weighted by Crippen LogP contribution is -2.13. The molecule has 0 aliphatic rings. The molecule has 18 heavy (non-hydrogen) atoms. The molecule has 0 aliphatic heterocycles. The molecule has 1 atom stereocenters. The molecule has 0 saturated carbocycles. The number of rotatable bonds is 8. The maximum absolute atomic E-state index is 8.89. The van der Waals surface area contributed by atoms with Crippen LogP contribution in [0.5, 0.6) is 0 Å². The Hall–Kier alpha value is -0.220. The van der Waals surface area contributed by atoms with E-state index in [1.54, 1.807) is 11.8 Å². The standard InChI is InChI=1S/C14H22ClNOS/c1-3-7-16-10-12-4-5-14(13(15)9-12)18-11(2)6-8-17/h4-5,9,11,16-17H,3,6-8,10H2,1-2H3. The minimum atomic E-state index is 0.227. The van der Waals surface area contributed by atoms with Crippen molar-refractivity contribution in [2.24, 2.45) is 0 Å². The Morgan fingerprint density at radius 1 is 1.44 bits per heavy atom. The Balaban J connectivity index is 2.56. The zero-order chi connectivity index (χ0) is 13.4. The molecule has 0 saturated heterocycles. The van der Waals surface area contributed by atoms with Crippen LogP contribution in [0.3, 0.4) is 0 Å². The van der Waals surface area contributed by atoms with Gasteiger partial charge in [0.2, 0.25) is 0 Å². The number of hydrogen-bond donors (Lipinski definition) is 2. The number of thioether (sulfide) groups is 1. The average Bonchev–Trinajstić information content (AvgIpc) is 2.33. The van der Waals surface area contributed by atoms with E-state index in [-0.39, 0.29) is 6.61 Å². The second kappa shape index (κ2) is 8.81. The summed E-state index contributed by atoms with van der Waals surface area (Å²) in [5.74, 6) is 0. The lowest BCUT2D eigenvalue weighted by atomic mass is 10.2. The van der Waals surface area contributed by atoms with E-state index in [0.717, 1.165) is 35.8 Å². The van der Waals surface area contributed by atoms with Crippen molar-refractivity contribution in [3.05, 3.63) is 28.8 Å². The fraction of sp³-hybridized carbons (Fsp3) is 0.571. The van der Waals surface area contributed by atoms with E-state index in [2.05, 4.69) is 31.3 Å². The van der Waals surface area contributed by atoms with Crippen molar-refractivity contribution in [1.29, 1.82) is 0 Å². The van der Waals surface area contributed by atoms with Gasteiger partial charge in [0.25, 0.3) is 0 Å². The van der Waals surface area contributed by atoms with Crippen molar-refractivity contribution in [1.82, 2.24) is 5.32 Å². The molecular weight excluding hydrogens is 266 g/mol. The minimum absolute atomic E-state index is 0.227. The highest BCUT2D eigenvalue weighted by atomic mass is 35.5. The van der Waals surface area contributed by atoms with Crippen LogP contribution in [0.15, 0.2) is 23.1 Å². The molecule has 0 bridgehead atoms. The first-order chi connectivity index (χ1) is 8.67. The van der Waals surface area contributed by atoms with E-state index < -0.39 is 0 Å². The predicted octanol–water partition coefficient (Wildman–Crippen LogP) is 3.70. The van der Waals surface area contributed by atoms with Crippen molar-refractivity contribution in [2.45, 2.75) is 43.4 Å². The van der Waals surface area contributed by atoms with E-state index in [0.29, 0.717) is 5.25 Å². The molecular formula is C14H22ClNOS. The maximum atomic E-state index is 8.89. The van der Waals surface area contributed by atoms with Crippen molar-refractivity contribution in [2.75, 3.05) is 13.2 Å². The summed E-state index contributed by atoms with van der Waals surface area (Å²) < 4.78 is 0. The van der Waals surface area contributed by atoms with Crippen LogP contribution in [0.4, 0.5) is 0 Å². The van der Waals surface area contributed by atoms with Crippen LogP contribution in [-0.2, 0) is 6.54 Å². The van der Waals surface area contributed by atoms with E-state index in [4.69, 9.17) is 16.7 Å². The Morgan fingerprint density at radius 3 is 2.83 bits per heavy atom. The Labute approximate surface area is 119 Å².